The second kappa shape index (κ2) is 9.19. The summed E-state index contributed by atoms with van der Waals surface area (Å²) in [6, 6.07) is 7.79. The molecule has 2 heterocycles. The van der Waals surface area contributed by atoms with Crippen LogP contribution in [0.15, 0.2) is 24.3 Å². The number of benzene rings is 1. The molecule has 0 saturated carbocycles. The molecule has 3 rings (SSSR count). The number of aliphatic carboxylic acids is 1. The number of rotatable bonds is 7. The van der Waals surface area contributed by atoms with Crippen LogP contribution < -0.4 is 10.2 Å². The number of hydrogen-bond acceptors (Lipinski definition) is 4. The number of aryl methyl sites for hydroxylation is 1. The van der Waals surface area contributed by atoms with Gasteiger partial charge in [-0.25, -0.2) is 0 Å². The van der Waals surface area contributed by atoms with Crippen LogP contribution in [0.3, 0.4) is 0 Å². The van der Waals surface area contributed by atoms with E-state index in [4.69, 9.17) is 4.74 Å². The van der Waals surface area contributed by atoms with Gasteiger partial charge in [-0.1, -0.05) is 19.1 Å². The molecule has 28 heavy (non-hydrogen) atoms. The predicted octanol–water partition coefficient (Wildman–Crippen LogP) is 1.85. The van der Waals surface area contributed by atoms with Crippen molar-refractivity contribution in [3.05, 3.63) is 29.8 Å². The van der Waals surface area contributed by atoms with E-state index < -0.39 is 17.8 Å². The average Bonchev–Trinajstić information content (AvgIpc) is 3.10. The third-order valence-electron chi connectivity index (χ3n) is 5.80. The Morgan fingerprint density at radius 2 is 1.93 bits per heavy atom. The molecule has 0 aliphatic carbocycles. The lowest BCUT2D eigenvalue weighted by molar-refractivity contribution is -0.145. The van der Waals surface area contributed by atoms with Gasteiger partial charge in [0.05, 0.1) is 11.8 Å². The standard InChI is InChI=1S/C21H28N2O5/c1-2-14-3-5-17(6-4-14)23-13-16(11-19(23)24)20(25)22-12-18(21(26)27)15-7-9-28-10-8-15/h3-6,15-16,18H,2,7-13H2,1H3,(H,22,25)(H,26,27). The van der Waals surface area contributed by atoms with E-state index in [0.717, 1.165) is 12.1 Å². The van der Waals surface area contributed by atoms with Gasteiger partial charge in [0.1, 0.15) is 0 Å². The van der Waals surface area contributed by atoms with Crippen LogP contribution in [-0.4, -0.2) is 49.2 Å². The van der Waals surface area contributed by atoms with Crippen molar-refractivity contribution in [1.82, 2.24) is 5.32 Å². The third kappa shape index (κ3) is 4.70. The topological polar surface area (TPSA) is 95.9 Å². The maximum absolute atomic E-state index is 12.6. The van der Waals surface area contributed by atoms with E-state index in [9.17, 15) is 19.5 Å². The van der Waals surface area contributed by atoms with Crippen molar-refractivity contribution in [3.8, 4) is 0 Å². The lowest BCUT2D eigenvalue weighted by Gasteiger charge is -2.28. The van der Waals surface area contributed by atoms with E-state index in [0.29, 0.717) is 32.6 Å². The van der Waals surface area contributed by atoms with Gasteiger partial charge in [-0.3, -0.25) is 14.4 Å². The first-order valence-electron chi connectivity index (χ1n) is 9.97. The Bertz CT molecular complexity index is 712. The molecule has 2 unspecified atom stereocenters. The van der Waals surface area contributed by atoms with Gasteiger partial charge in [0, 0.05) is 38.4 Å². The number of carboxylic acids is 1. The fraction of sp³-hybridized carbons (Fsp3) is 0.571. The summed E-state index contributed by atoms with van der Waals surface area (Å²) in [7, 11) is 0. The number of anilines is 1. The van der Waals surface area contributed by atoms with Crippen molar-refractivity contribution in [3.63, 3.8) is 0 Å². The Morgan fingerprint density at radius 1 is 1.25 bits per heavy atom. The van der Waals surface area contributed by atoms with Crippen molar-refractivity contribution >= 4 is 23.5 Å². The van der Waals surface area contributed by atoms with E-state index in [1.807, 2.05) is 24.3 Å². The minimum Gasteiger partial charge on any atom is -0.481 e. The Balaban J connectivity index is 1.56. The molecule has 1 aromatic carbocycles. The molecular weight excluding hydrogens is 360 g/mol. The van der Waals surface area contributed by atoms with Gasteiger partial charge in [-0.05, 0) is 42.9 Å². The van der Waals surface area contributed by atoms with Gasteiger partial charge in [0.15, 0.2) is 0 Å². The SMILES string of the molecule is CCc1ccc(N2CC(C(=O)NCC(C(=O)O)C3CCOCC3)CC2=O)cc1. The van der Waals surface area contributed by atoms with Crippen molar-refractivity contribution in [1.29, 1.82) is 0 Å². The molecule has 7 nitrogen and oxygen atoms in total. The van der Waals surface area contributed by atoms with Crippen molar-refractivity contribution in [2.24, 2.45) is 17.8 Å². The van der Waals surface area contributed by atoms with Crippen molar-refractivity contribution in [2.75, 3.05) is 31.2 Å². The number of hydrogen-bond donors (Lipinski definition) is 2. The Morgan fingerprint density at radius 3 is 2.54 bits per heavy atom. The fourth-order valence-corrected chi connectivity index (χ4v) is 3.97. The highest BCUT2D eigenvalue weighted by molar-refractivity contribution is 6.00. The van der Waals surface area contributed by atoms with Crippen LogP contribution in [0, 0.1) is 17.8 Å². The summed E-state index contributed by atoms with van der Waals surface area (Å²) < 4.78 is 5.29. The van der Waals surface area contributed by atoms with Crippen LogP contribution >= 0.6 is 0 Å². The molecular formula is C21H28N2O5. The van der Waals surface area contributed by atoms with Gasteiger partial charge in [-0.2, -0.15) is 0 Å². The summed E-state index contributed by atoms with van der Waals surface area (Å²) in [5, 5.41) is 12.3. The maximum atomic E-state index is 12.6. The number of ether oxygens (including phenoxy) is 1. The van der Waals surface area contributed by atoms with Crippen LogP contribution in [-0.2, 0) is 25.5 Å². The van der Waals surface area contributed by atoms with Crippen molar-refractivity contribution < 1.29 is 24.2 Å². The molecule has 0 radical (unpaired) electrons. The van der Waals surface area contributed by atoms with Crippen molar-refractivity contribution in [2.45, 2.75) is 32.6 Å². The Hall–Kier alpha value is -2.41. The fourth-order valence-electron chi connectivity index (χ4n) is 3.97. The molecule has 2 atom stereocenters. The molecule has 2 aliphatic heterocycles. The second-order valence-corrected chi connectivity index (χ2v) is 7.57. The molecule has 0 aromatic heterocycles. The number of carboxylic acid groups (broad SMARTS) is 1. The van der Waals surface area contributed by atoms with Crippen LogP contribution in [0.5, 0.6) is 0 Å². The molecule has 1 aromatic rings. The zero-order chi connectivity index (χ0) is 20.1. The second-order valence-electron chi connectivity index (χ2n) is 7.57. The molecule has 7 heteroatoms. The van der Waals surface area contributed by atoms with E-state index in [2.05, 4.69) is 12.2 Å². The van der Waals surface area contributed by atoms with Gasteiger partial charge in [0.2, 0.25) is 11.8 Å². The lowest BCUT2D eigenvalue weighted by Crippen LogP contribution is -2.41. The zero-order valence-electron chi connectivity index (χ0n) is 16.2. The highest BCUT2D eigenvalue weighted by Gasteiger charge is 2.36. The predicted molar refractivity (Wildman–Crippen MR) is 104 cm³/mol. The number of carbonyl (C=O) groups excluding carboxylic acids is 2. The number of nitrogens with one attached hydrogen (secondary N) is 1. The molecule has 0 spiro atoms. The molecule has 2 saturated heterocycles. The molecule has 2 fully saturated rings. The summed E-state index contributed by atoms with van der Waals surface area (Å²) in [5.74, 6) is -2.30. The van der Waals surface area contributed by atoms with E-state index in [-0.39, 0.29) is 30.7 Å². The first-order valence-corrected chi connectivity index (χ1v) is 9.97. The zero-order valence-corrected chi connectivity index (χ0v) is 16.2. The van der Waals surface area contributed by atoms with Gasteiger partial charge in [0.25, 0.3) is 0 Å². The van der Waals surface area contributed by atoms with Crippen LogP contribution in [0.2, 0.25) is 0 Å². The first-order chi connectivity index (χ1) is 13.5. The van der Waals surface area contributed by atoms with Gasteiger partial charge in [-0.15, -0.1) is 0 Å². The smallest absolute Gasteiger partial charge is 0.308 e. The summed E-state index contributed by atoms with van der Waals surface area (Å²) in [4.78, 5) is 38.2. The molecule has 152 valence electrons. The maximum Gasteiger partial charge on any atom is 0.308 e. The van der Waals surface area contributed by atoms with E-state index in [1.54, 1.807) is 4.90 Å². The van der Waals surface area contributed by atoms with Crippen LogP contribution in [0.4, 0.5) is 5.69 Å². The lowest BCUT2D eigenvalue weighted by atomic mass is 9.86. The minimum atomic E-state index is -0.896. The highest BCUT2D eigenvalue weighted by Crippen LogP contribution is 2.27. The van der Waals surface area contributed by atoms with Gasteiger partial charge < -0.3 is 20.1 Å². The number of amides is 2. The Kier molecular flexibility index (Phi) is 6.67. The van der Waals surface area contributed by atoms with E-state index >= 15 is 0 Å². The molecule has 2 aliphatic rings. The molecule has 2 amide bonds. The normalized spacial score (nSPS) is 21.5. The summed E-state index contributed by atoms with van der Waals surface area (Å²) >= 11 is 0. The summed E-state index contributed by atoms with van der Waals surface area (Å²) in [6.45, 7) is 3.61. The first kappa shape index (κ1) is 20.3. The minimum absolute atomic E-state index is 0.00494. The van der Waals surface area contributed by atoms with Crippen LogP contribution in [0.1, 0.15) is 31.7 Å². The average molecular weight is 388 g/mol. The largest absolute Gasteiger partial charge is 0.481 e. The summed E-state index contributed by atoms with van der Waals surface area (Å²) in [5.41, 5.74) is 1.99. The number of carbonyl (C=O) groups is 3. The van der Waals surface area contributed by atoms with Gasteiger partial charge >= 0.3 is 5.97 Å². The number of nitrogens with zero attached hydrogens (tertiary/aromatic N) is 1. The monoisotopic (exact) mass is 388 g/mol. The summed E-state index contributed by atoms with van der Waals surface area (Å²) in [6.07, 6.45) is 2.46. The molecule has 2 N–H and O–H groups in total. The Labute approximate surface area is 165 Å². The third-order valence-corrected chi connectivity index (χ3v) is 5.80. The van der Waals surface area contributed by atoms with Crippen LogP contribution in [0.25, 0.3) is 0 Å². The quantitative estimate of drug-likeness (QED) is 0.743. The highest BCUT2D eigenvalue weighted by atomic mass is 16.5. The molecule has 0 bridgehead atoms. The van der Waals surface area contributed by atoms with E-state index in [1.165, 1.54) is 5.56 Å².